The number of hydrogen-bond acceptors (Lipinski definition) is 4. The fourth-order valence-electron chi connectivity index (χ4n) is 2.77. The number of nitrogens with zero attached hydrogens (tertiary/aromatic N) is 2. The molecule has 1 aromatic carbocycles. The maximum Gasteiger partial charge on any atom is 0.269 e. The fraction of sp³-hybridized carbons (Fsp3) is 0.571. The molecule has 0 saturated carbocycles. The molecule has 0 aromatic heterocycles. The molecule has 1 saturated heterocycles. The van der Waals surface area contributed by atoms with E-state index in [1.54, 1.807) is 12.1 Å². The van der Waals surface area contributed by atoms with Crippen molar-refractivity contribution in [1.82, 2.24) is 10.2 Å². The second-order valence-corrected chi connectivity index (χ2v) is 5.71. The molecule has 1 atom stereocenters. The average molecular weight is 263 g/mol. The molecular weight excluding hydrogens is 242 g/mol. The number of hydrogen-bond donors (Lipinski definition) is 1. The molecular formula is C14H21N3O2. The largest absolute Gasteiger partial charge is 0.314 e. The summed E-state index contributed by atoms with van der Waals surface area (Å²) < 4.78 is 0. The molecule has 1 aliphatic heterocycles. The van der Waals surface area contributed by atoms with E-state index in [0.29, 0.717) is 0 Å². The molecule has 5 heteroatoms. The third-order valence-corrected chi connectivity index (χ3v) is 3.92. The van der Waals surface area contributed by atoms with E-state index >= 15 is 0 Å². The van der Waals surface area contributed by atoms with E-state index in [2.05, 4.69) is 31.0 Å². The van der Waals surface area contributed by atoms with Crippen molar-refractivity contribution in [3.63, 3.8) is 0 Å². The highest BCUT2D eigenvalue weighted by Gasteiger charge is 2.33. The highest BCUT2D eigenvalue weighted by molar-refractivity contribution is 5.34. The monoisotopic (exact) mass is 263 g/mol. The van der Waals surface area contributed by atoms with E-state index in [0.717, 1.165) is 25.2 Å². The molecule has 1 unspecified atom stereocenters. The second kappa shape index (κ2) is 5.27. The topological polar surface area (TPSA) is 58.4 Å². The first-order valence-electron chi connectivity index (χ1n) is 6.63. The number of benzene rings is 1. The van der Waals surface area contributed by atoms with E-state index in [4.69, 9.17) is 0 Å². The van der Waals surface area contributed by atoms with Gasteiger partial charge in [-0.05, 0) is 26.3 Å². The predicted molar refractivity (Wildman–Crippen MR) is 75.2 cm³/mol. The zero-order chi connectivity index (χ0) is 14.0. The van der Waals surface area contributed by atoms with Crippen molar-refractivity contribution in [1.29, 1.82) is 0 Å². The molecule has 0 spiro atoms. The van der Waals surface area contributed by atoms with Gasteiger partial charge in [0, 0.05) is 43.3 Å². The fourth-order valence-corrected chi connectivity index (χ4v) is 2.77. The summed E-state index contributed by atoms with van der Waals surface area (Å²) >= 11 is 0. The number of nitro groups is 1. The smallest absolute Gasteiger partial charge is 0.269 e. The summed E-state index contributed by atoms with van der Waals surface area (Å²) in [7, 11) is 0. The lowest BCUT2D eigenvalue weighted by atomic mass is 9.95. The summed E-state index contributed by atoms with van der Waals surface area (Å²) in [6.07, 6.45) is 0. The quantitative estimate of drug-likeness (QED) is 0.671. The van der Waals surface area contributed by atoms with Crippen LogP contribution in [-0.2, 0) is 0 Å². The van der Waals surface area contributed by atoms with Crippen molar-refractivity contribution in [2.24, 2.45) is 0 Å². The molecule has 1 N–H and O–H groups in total. The number of rotatable bonds is 3. The van der Waals surface area contributed by atoms with Gasteiger partial charge in [0.2, 0.25) is 0 Å². The third-order valence-electron chi connectivity index (χ3n) is 3.92. The summed E-state index contributed by atoms with van der Waals surface area (Å²) in [5, 5.41) is 14.1. The molecule has 1 fully saturated rings. The van der Waals surface area contributed by atoms with Crippen LogP contribution in [0.3, 0.4) is 0 Å². The molecule has 19 heavy (non-hydrogen) atoms. The SMILES string of the molecule is CC(c1ccc([N+](=O)[O-])cc1)N1CCNCC1(C)C. The molecule has 2 rings (SSSR count). The molecule has 104 valence electrons. The van der Waals surface area contributed by atoms with Crippen LogP contribution in [0, 0.1) is 10.1 Å². The van der Waals surface area contributed by atoms with Crippen molar-refractivity contribution in [3.05, 3.63) is 39.9 Å². The van der Waals surface area contributed by atoms with Gasteiger partial charge < -0.3 is 5.32 Å². The molecule has 0 amide bonds. The molecule has 0 radical (unpaired) electrons. The van der Waals surface area contributed by atoms with Crippen molar-refractivity contribution < 1.29 is 4.92 Å². The van der Waals surface area contributed by atoms with Crippen LogP contribution in [0.1, 0.15) is 32.4 Å². The second-order valence-electron chi connectivity index (χ2n) is 5.71. The highest BCUT2D eigenvalue weighted by Crippen LogP contribution is 2.29. The van der Waals surface area contributed by atoms with Crippen LogP contribution in [0.25, 0.3) is 0 Å². The van der Waals surface area contributed by atoms with Crippen LogP contribution in [0.15, 0.2) is 24.3 Å². The van der Waals surface area contributed by atoms with Gasteiger partial charge in [0.05, 0.1) is 4.92 Å². The van der Waals surface area contributed by atoms with Gasteiger partial charge in [-0.3, -0.25) is 15.0 Å². The number of non-ortho nitro benzene ring substituents is 1. The highest BCUT2D eigenvalue weighted by atomic mass is 16.6. The number of piperazine rings is 1. The van der Waals surface area contributed by atoms with Gasteiger partial charge in [-0.25, -0.2) is 0 Å². The van der Waals surface area contributed by atoms with Gasteiger partial charge in [-0.2, -0.15) is 0 Å². The van der Waals surface area contributed by atoms with Gasteiger partial charge in [0.25, 0.3) is 5.69 Å². The summed E-state index contributed by atoms with van der Waals surface area (Å²) in [5.41, 5.74) is 1.37. The first-order valence-corrected chi connectivity index (χ1v) is 6.63. The van der Waals surface area contributed by atoms with Gasteiger partial charge >= 0.3 is 0 Å². The lowest BCUT2D eigenvalue weighted by molar-refractivity contribution is -0.384. The van der Waals surface area contributed by atoms with Crippen molar-refractivity contribution in [2.45, 2.75) is 32.4 Å². The standard InChI is InChI=1S/C14H21N3O2/c1-11(16-9-8-15-10-14(16,2)3)12-4-6-13(7-5-12)17(18)19/h4-7,11,15H,8-10H2,1-3H3. The molecule has 5 nitrogen and oxygen atoms in total. The Hall–Kier alpha value is -1.46. The first-order chi connectivity index (χ1) is 8.92. The van der Waals surface area contributed by atoms with Crippen molar-refractivity contribution >= 4 is 5.69 Å². The van der Waals surface area contributed by atoms with Gasteiger partial charge in [0.15, 0.2) is 0 Å². The summed E-state index contributed by atoms with van der Waals surface area (Å²) in [5.74, 6) is 0. The Morgan fingerprint density at radius 1 is 1.37 bits per heavy atom. The molecule has 0 aliphatic carbocycles. The normalized spacial score (nSPS) is 21.0. The summed E-state index contributed by atoms with van der Waals surface area (Å²) in [4.78, 5) is 12.8. The summed E-state index contributed by atoms with van der Waals surface area (Å²) in [6.45, 7) is 9.55. The third kappa shape index (κ3) is 2.93. The van der Waals surface area contributed by atoms with E-state index in [-0.39, 0.29) is 22.2 Å². The lowest BCUT2D eigenvalue weighted by Crippen LogP contribution is -2.58. The Morgan fingerprint density at radius 3 is 2.53 bits per heavy atom. The minimum Gasteiger partial charge on any atom is -0.314 e. The molecule has 1 heterocycles. The number of nitro benzene ring substituents is 1. The zero-order valence-corrected chi connectivity index (χ0v) is 11.7. The zero-order valence-electron chi connectivity index (χ0n) is 11.7. The van der Waals surface area contributed by atoms with E-state index < -0.39 is 0 Å². The Morgan fingerprint density at radius 2 is 2.00 bits per heavy atom. The maximum absolute atomic E-state index is 10.7. The number of nitrogens with one attached hydrogen (secondary N) is 1. The Labute approximate surface area is 113 Å². The van der Waals surface area contributed by atoms with E-state index in [1.807, 2.05) is 12.1 Å². The van der Waals surface area contributed by atoms with Crippen LogP contribution >= 0.6 is 0 Å². The predicted octanol–water partition coefficient (Wildman–Crippen LogP) is 2.34. The maximum atomic E-state index is 10.7. The minimum absolute atomic E-state index is 0.0967. The lowest BCUT2D eigenvalue weighted by Gasteiger charge is -2.46. The van der Waals surface area contributed by atoms with Crippen LogP contribution in [0.2, 0.25) is 0 Å². The van der Waals surface area contributed by atoms with Gasteiger partial charge in [-0.1, -0.05) is 12.1 Å². The van der Waals surface area contributed by atoms with E-state index in [9.17, 15) is 10.1 Å². The van der Waals surface area contributed by atoms with Gasteiger partial charge in [0.1, 0.15) is 0 Å². The van der Waals surface area contributed by atoms with Crippen LogP contribution in [-0.4, -0.2) is 35.0 Å². The van der Waals surface area contributed by atoms with E-state index in [1.165, 1.54) is 0 Å². The Balaban J connectivity index is 2.18. The van der Waals surface area contributed by atoms with Gasteiger partial charge in [-0.15, -0.1) is 0 Å². The molecule has 0 bridgehead atoms. The average Bonchev–Trinajstić information content (AvgIpc) is 2.37. The van der Waals surface area contributed by atoms with Crippen LogP contribution in [0.4, 0.5) is 5.69 Å². The molecule has 1 aromatic rings. The Kier molecular flexibility index (Phi) is 3.87. The van der Waals surface area contributed by atoms with Crippen LogP contribution < -0.4 is 5.32 Å². The molecule has 1 aliphatic rings. The summed E-state index contributed by atoms with van der Waals surface area (Å²) in [6, 6.07) is 7.15. The van der Waals surface area contributed by atoms with Crippen molar-refractivity contribution in [3.8, 4) is 0 Å². The Bertz CT molecular complexity index is 456. The minimum atomic E-state index is -0.358. The first kappa shape index (κ1) is 14.0. The van der Waals surface area contributed by atoms with Crippen LogP contribution in [0.5, 0.6) is 0 Å². The van der Waals surface area contributed by atoms with Crippen molar-refractivity contribution in [2.75, 3.05) is 19.6 Å².